The fraction of sp³-hybridized carbons (Fsp3) is 0.222. The molecule has 0 aliphatic heterocycles. The summed E-state index contributed by atoms with van der Waals surface area (Å²) in [5.74, 6) is 0.0340. The summed E-state index contributed by atoms with van der Waals surface area (Å²) in [6.45, 7) is 4.35. The highest BCUT2D eigenvalue weighted by molar-refractivity contribution is 5.89. The number of phenols is 1. The zero-order valence-corrected chi connectivity index (χ0v) is 12.6. The number of nitrogens with zero attached hydrogens (tertiary/aromatic N) is 1. The molecular weight excluding hydrogens is 281 g/mol. The molecular formula is C18H18FNO2. The Kier molecular flexibility index (Phi) is 3.75. The number of fused-ring (bicyclic) bond motifs is 1. The number of ether oxygens (including phenoxy) is 1. The normalized spacial score (nSPS) is 11.3. The Morgan fingerprint density at radius 3 is 2.64 bits per heavy atom. The molecule has 3 aromatic rings. The van der Waals surface area contributed by atoms with Crippen LogP contribution in [0.2, 0.25) is 0 Å². The largest absolute Gasteiger partial charge is 0.507 e. The van der Waals surface area contributed by atoms with Gasteiger partial charge in [0.1, 0.15) is 12.4 Å². The third-order valence-electron chi connectivity index (χ3n) is 3.69. The number of halogens is 1. The van der Waals surface area contributed by atoms with Crippen molar-refractivity contribution in [3.63, 3.8) is 0 Å². The second-order valence-electron chi connectivity index (χ2n) is 5.55. The number of aromatic hydroxyl groups is 1. The molecule has 4 heteroatoms. The fourth-order valence-electron chi connectivity index (χ4n) is 2.63. The van der Waals surface area contributed by atoms with Gasteiger partial charge in [-0.15, -0.1) is 0 Å². The van der Waals surface area contributed by atoms with Gasteiger partial charge in [-0.2, -0.15) is 0 Å². The van der Waals surface area contributed by atoms with Crippen LogP contribution in [-0.4, -0.2) is 9.67 Å². The van der Waals surface area contributed by atoms with Crippen LogP contribution >= 0.6 is 0 Å². The molecule has 3 rings (SSSR count). The van der Waals surface area contributed by atoms with E-state index in [0.29, 0.717) is 0 Å². The van der Waals surface area contributed by atoms with Gasteiger partial charge in [0.15, 0.2) is 11.6 Å². The molecule has 114 valence electrons. The summed E-state index contributed by atoms with van der Waals surface area (Å²) in [4.78, 5) is 0. The highest BCUT2D eigenvalue weighted by Crippen LogP contribution is 2.32. The maximum Gasteiger partial charge on any atom is 0.165 e. The van der Waals surface area contributed by atoms with Crippen molar-refractivity contribution < 1.29 is 14.2 Å². The number of benzene rings is 2. The summed E-state index contributed by atoms with van der Waals surface area (Å²) in [6, 6.07) is 12.0. The molecule has 1 heterocycles. The summed E-state index contributed by atoms with van der Waals surface area (Å²) in [5, 5.41) is 10.9. The summed E-state index contributed by atoms with van der Waals surface area (Å²) in [6.07, 6.45) is 1.95. The molecule has 22 heavy (non-hydrogen) atoms. The van der Waals surface area contributed by atoms with Crippen molar-refractivity contribution in [2.45, 2.75) is 26.5 Å². The van der Waals surface area contributed by atoms with Gasteiger partial charge in [-0.3, -0.25) is 0 Å². The second kappa shape index (κ2) is 5.72. The molecule has 1 N–H and O–H groups in total. The average Bonchev–Trinajstić information content (AvgIpc) is 2.87. The van der Waals surface area contributed by atoms with Gasteiger partial charge in [0.05, 0.1) is 5.52 Å². The number of aromatic nitrogens is 1. The molecule has 0 radical (unpaired) electrons. The molecule has 3 nitrogen and oxygen atoms in total. The third-order valence-corrected chi connectivity index (χ3v) is 3.69. The van der Waals surface area contributed by atoms with Crippen LogP contribution in [0, 0.1) is 5.82 Å². The van der Waals surface area contributed by atoms with Crippen LogP contribution in [0.5, 0.6) is 11.5 Å². The van der Waals surface area contributed by atoms with Crippen molar-refractivity contribution in [2.75, 3.05) is 0 Å². The lowest BCUT2D eigenvalue weighted by atomic mass is 10.1. The van der Waals surface area contributed by atoms with Crippen LogP contribution in [-0.2, 0) is 6.61 Å². The van der Waals surface area contributed by atoms with E-state index in [2.05, 4.69) is 18.4 Å². The lowest BCUT2D eigenvalue weighted by Gasteiger charge is -2.08. The van der Waals surface area contributed by atoms with E-state index in [9.17, 15) is 9.50 Å². The van der Waals surface area contributed by atoms with Crippen LogP contribution in [0.15, 0.2) is 48.7 Å². The van der Waals surface area contributed by atoms with Crippen molar-refractivity contribution in [1.82, 2.24) is 4.57 Å². The number of hydrogen-bond acceptors (Lipinski definition) is 2. The zero-order valence-electron chi connectivity index (χ0n) is 12.6. The summed E-state index contributed by atoms with van der Waals surface area (Å²) in [5.41, 5.74) is 1.78. The Morgan fingerprint density at radius 2 is 1.91 bits per heavy atom. The SMILES string of the molecule is CC(C)n1cc(COc2ccccc2F)c2c(O)cccc21. The van der Waals surface area contributed by atoms with Crippen molar-refractivity contribution in [2.24, 2.45) is 0 Å². The molecule has 0 spiro atoms. The predicted octanol–water partition coefficient (Wildman–Crippen LogP) is 4.65. The zero-order chi connectivity index (χ0) is 15.7. The number of phenolic OH excluding ortho intramolecular Hbond substituents is 1. The van der Waals surface area contributed by atoms with E-state index in [1.807, 2.05) is 18.3 Å². The van der Waals surface area contributed by atoms with Gasteiger partial charge in [-0.1, -0.05) is 18.2 Å². The van der Waals surface area contributed by atoms with Gasteiger partial charge < -0.3 is 14.4 Å². The molecule has 0 amide bonds. The standard InChI is InChI=1S/C18H18FNO2/c1-12(2)20-10-13(18-15(20)7-5-8-16(18)21)11-22-17-9-4-3-6-14(17)19/h3-10,12,21H,11H2,1-2H3. The first kappa shape index (κ1) is 14.4. The Morgan fingerprint density at radius 1 is 1.14 bits per heavy atom. The number of rotatable bonds is 4. The van der Waals surface area contributed by atoms with Gasteiger partial charge >= 0.3 is 0 Å². The Bertz CT molecular complexity index is 808. The maximum absolute atomic E-state index is 13.6. The molecule has 0 atom stereocenters. The first-order chi connectivity index (χ1) is 10.6. The minimum Gasteiger partial charge on any atom is -0.507 e. The minimum absolute atomic E-state index is 0.203. The lowest BCUT2D eigenvalue weighted by Crippen LogP contribution is -1.99. The average molecular weight is 299 g/mol. The van der Waals surface area contributed by atoms with Crippen LogP contribution < -0.4 is 4.74 Å². The molecule has 0 aliphatic rings. The summed E-state index contributed by atoms with van der Waals surface area (Å²) >= 11 is 0. The molecule has 0 saturated carbocycles. The van der Waals surface area contributed by atoms with E-state index < -0.39 is 0 Å². The lowest BCUT2D eigenvalue weighted by molar-refractivity contribution is 0.291. The molecule has 1 aromatic heterocycles. The number of hydrogen-bond donors (Lipinski definition) is 1. The minimum atomic E-state index is -0.390. The maximum atomic E-state index is 13.6. The quantitative estimate of drug-likeness (QED) is 0.761. The smallest absolute Gasteiger partial charge is 0.165 e. The van der Waals surface area contributed by atoms with Crippen LogP contribution in [0.3, 0.4) is 0 Å². The molecule has 0 aliphatic carbocycles. The van der Waals surface area contributed by atoms with Gasteiger partial charge in [0.25, 0.3) is 0 Å². The summed E-state index contributed by atoms with van der Waals surface area (Å²) in [7, 11) is 0. The van der Waals surface area contributed by atoms with Crippen LogP contribution in [0.1, 0.15) is 25.5 Å². The van der Waals surface area contributed by atoms with Crippen LogP contribution in [0.25, 0.3) is 10.9 Å². The molecule has 0 saturated heterocycles. The molecule has 0 fully saturated rings. The van der Waals surface area contributed by atoms with E-state index in [1.165, 1.54) is 6.07 Å². The Labute approximate surface area is 128 Å². The predicted molar refractivity (Wildman–Crippen MR) is 84.7 cm³/mol. The topological polar surface area (TPSA) is 34.4 Å². The first-order valence-electron chi connectivity index (χ1n) is 7.26. The van der Waals surface area contributed by atoms with E-state index in [1.54, 1.807) is 24.3 Å². The van der Waals surface area contributed by atoms with Crippen molar-refractivity contribution >= 4 is 10.9 Å². The van der Waals surface area contributed by atoms with Gasteiger partial charge in [0, 0.05) is 23.2 Å². The Hall–Kier alpha value is -2.49. The van der Waals surface area contributed by atoms with Crippen molar-refractivity contribution in [3.8, 4) is 11.5 Å². The highest BCUT2D eigenvalue weighted by atomic mass is 19.1. The van der Waals surface area contributed by atoms with Gasteiger partial charge in [0.2, 0.25) is 0 Å². The van der Waals surface area contributed by atoms with Crippen LogP contribution in [0.4, 0.5) is 4.39 Å². The van der Waals surface area contributed by atoms with Crippen molar-refractivity contribution in [1.29, 1.82) is 0 Å². The first-order valence-corrected chi connectivity index (χ1v) is 7.26. The van der Waals surface area contributed by atoms with Gasteiger partial charge in [-0.05, 0) is 38.1 Å². The fourth-order valence-corrected chi connectivity index (χ4v) is 2.63. The second-order valence-corrected chi connectivity index (χ2v) is 5.55. The van der Waals surface area contributed by atoms with E-state index in [-0.39, 0.29) is 30.0 Å². The highest BCUT2D eigenvalue weighted by Gasteiger charge is 2.14. The number of para-hydroxylation sites is 1. The third kappa shape index (κ3) is 2.52. The monoisotopic (exact) mass is 299 g/mol. The van der Waals surface area contributed by atoms with E-state index >= 15 is 0 Å². The molecule has 0 unspecified atom stereocenters. The van der Waals surface area contributed by atoms with Gasteiger partial charge in [-0.25, -0.2) is 4.39 Å². The van der Waals surface area contributed by atoms with E-state index in [4.69, 9.17) is 4.74 Å². The van der Waals surface area contributed by atoms with Crippen molar-refractivity contribution in [3.05, 3.63) is 60.0 Å². The molecule has 0 bridgehead atoms. The summed E-state index contributed by atoms with van der Waals surface area (Å²) < 4.78 is 21.3. The van der Waals surface area contributed by atoms with E-state index in [0.717, 1.165) is 16.5 Å². The molecule has 2 aromatic carbocycles. The Balaban J connectivity index is 1.99.